The van der Waals surface area contributed by atoms with Crippen LogP contribution in [-0.2, 0) is 4.74 Å². The van der Waals surface area contributed by atoms with Gasteiger partial charge in [-0.1, -0.05) is 0 Å². The van der Waals surface area contributed by atoms with E-state index in [2.05, 4.69) is 10.2 Å². The van der Waals surface area contributed by atoms with E-state index in [-0.39, 0.29) is 11.9 Å². The molecule has 4 rings (SSSR count). The van der Waals surface area contributed by atoms with E-state index in [9.17, 15) is 4.79 Å². The van der Waals surface area contributed by atoms with Gasteiger partial charge in [-0.15, -0.1) is 0 Å². The predicted octanol–water partition coefficient (Wildman–Crippen LogP) is 1.73. The molecule has 3 atom stereocenters. The third-order valence-corrected chi connectivity index (χ3v) is 5.57. The number of anilines is 1. The minimum absolute atomic E-state index is 0.0322. The van der Waals surface area contributed by atoms with E-state index < -0.39 is 0 Å². The van der Waals surface area contributed by atoms with Crippen LogP contribution >= 0.6 is 0 Å². The molecule has 1 aromatic rings. The number of hydrogen-bond donors (Lipinski definition) is 1. The molecule has 1 aromatic carbocycles. The fourth-order valence-corrected chi connectivity index (χ4v) is 3.94. The molecule has 1 amide bonds. The Morgan fingerprint density at radius 3 is 2.62 bits per heavy atom. The van der Waals surface area contributed by atoms with Crippen LogP contribution in [0.5, 0.6) is 0 Å². The second-order valence-corrected chi connectivity index (χ2v) is 7.66. The maximum Gasteiger partial charge on any atom is 0.251 e. The van der Waals surface area contributed by atoms with Crippen molar-refractivity contribution in [3.8, 4) is 0 Å². The number of amides is 1. The highest BCUT2D eigenvalue weighted by atomic mass is 16.5. The van der Waals surface area contributed by atoms with Crippen LogP contribution in [0.15, 0.2) is 24.3 Å². The van der Waals surface area contributed by atoms with Crippen molar-refractivity contribution in [1.82, 2.24) is 10.2 Å². The Kier molecular flexibility index (Phi) is 4.22. The highest BCUT2D eigenvalue weighted by Gasteiger charge is 2.42. The summed E-state index contributed by atoms with van der Waals surface area (Å²) >= 11 is 0. The molecular formula is C19H27N3O2. The van der Waals surface area contributed by atoms with Gasteiger partial charge in [0.1, 0.15) is 0 Å². The van der Waals surface area contributed by atoms with Crippen LogP contribution in [0.3, 0.4) is 0 Å². The van der Waals surface area contributed by atoms with Gasteiger partial charge < -0.3 is 15.0 Å². The molecule has 3 aliphatic rings. The minimum atomic E-state index is 0.0322. The number of nitrogens with zero attached hydrogens (tertiary/aromatic N) is 2. The molecule has 0 aromatic heterocycles. The monoisotopic (exact) mass is 329 g/mol. The average Bonchev–Trinajstić information content (AvgIpc) is 3.35. The van der Waals surface area contributed by atoms with E-state index in [4.69, 9.17) is 4.74 Å². The predicted molar refractivity (Wildman–Crippen MR) is 94.5 cm³/mol. The number of benzene rings is 1. The van der Waals surface area contributed by atoms with Gasteiger partial charge in [0.25, 0.3) is 5.91 Å². The molecule has 1 aliphatic carbocycles. The number of fused-ring (bicyclic) bond motifs is 1. The number of morpholine rings is 1. The lowest BCUT2D eigenvalue weighted by Crippen LogP contribution is -2.47. The topological polar surface area (TPSA) is 44.8 Å². The first-order valence-corrected chi connectivity index (χ1v) is 9.04. The van der Waals surface area contributed by atoms with Crippen molar-refractivity contribution < 1.29 is 9.53 Å². The Labute approximate surface area is 144 Å². The Hall–Kier alpha value is -1.59. The summed E-state index contributed by atoms with van der Waals surface area (Å²) in [4.78, 5) is 17.1. The Bertz CT molecular complexity index is 597. The summed E-state index contributed by atoms with van der Waals surface area (Å²) in [6, 6.07) is 8.49. The highest BCUT2D eigenvalue weighted by molar-refractivity contribution is 5.94. The minimum Gasteiger partial charge on any atom is -0.378 e. The van der Waals surface area contributed by atoms with E-state index in [1.165, 1.54) is 12.8 Å². The van der Waals surface area contributed by atoms with Gasteiger partial charge in [-0.25, -0.2) is 0 Å². The van der Waals surface area contributed by atoms with Crippen LogP contribution in [0.1, 0.15) is 29.6 Å². The third-order valence-electron chi connectivity index (χ3n) is 5.57. The molecule has 1 N–H and O–H groups in total. The van der Waals surface area contributed by atoms with E-state index in [0.29, 0.717) is 12.1 Å². The van der Waals surface area contributed by atoms with Crippen molar-refractivity contribution in [2.24, 2.45) is 5.92 Å². The maximum atomic E-state index is 12.5. The van der Waals surface area contributed by atoms with Crippen molar-refractivity contribution in [2.75, 3.05) is 38.7 Å². The fourth-order valence-electron chi connectivity index (χ4n) is 3.94. The summed E-state index contributed by atoms with van der Waals surface area (Å²) in [5, 5.41) is 3.21. The molecule has 130 valence electrons. The lowest BCUT2D eigenvalue weighted by atomic mass is 10.1. The summed E-state index contributed by atoms with van der Waals surface area (Å²) in [6.45, 7) is 2.82. The molecule has 2 aliphatic heterocycles. The molecule has 0 radical (unpaired) electrons. The zero-order valence-electron chi connectivity index (χ0n) is 14.6. The normalized spacial score (nSPS) is 30.0. The van der Waals surface area contributed by atoms with Gasteiger partial charge in [-0.05, 0) is 49.4 Å². The summed E-state index contributed by atoms with van der Waals surface area (Å²) in [6.07, 6.45) is 4.08. The Morgan fingerprint density at radius 1 is 1.21 bits per heavy atom. The smallest absolute Gasteiger partial charge is 0.251 e. The van der Waals surface area contributed by atoms with Gasteiger partial charge in [0.05, 0.1) is 12.7 Å². The van der Waals surface area contributed by atoms with Gasteiger partial charge in [0, 0.05) is 50.5 Å². The molecule has 3 fully saturated rings. The van der Waals surface area contributed by atoms with Crippen molar-refractivity contribution >= 4 is 11.6 Å². The van der Waals surface area contributed by atoms with Crippen LogP contribution in [0, 0.1) is 5.92 Å². The van der Waals surface area contributed by atoms with E-state index in [0.717, 1.165) is 43.3 Å². The second kappa shape index (κ2) is 6.37. The standard InChI is InChI=1S/C19H27N3O2/c1-21(2)16-7-5-14(6-8-16)19(23)20-15-9-17-12-24-18(13-3-4-13)11-22(17)10-15/h5-8,13,15,17-18H,3-4,9-12H2,1-2H3,(H,20,23)/t15-,17-,18-/m0/s1. The highest BCUT2D eigenvalue weighted by Crippen LogP contribution is 2.37. The summed E-state index contributed by atoms with van der Waals surface area (Å²) in [5.41, 5.74) is 1.84. The molecule has 5 heteroatoms. The number of carbonyl (C=O) groups is 1. The van der Waals surface area contributed by atoms with Crippen LogP contribution in [0.2, 0.25) is 0 Å². The summed E-state index contributed by atoms with van der Waals surface area (Å²) in [7, 11) is 4.00. The number of ether oxygens (including phenoxy) is 1. The quantitative estimate of drug-likeness (QED) is 0.914. The molecule has 2 heterocycles. The Morgan fingerprint density at radius 2 is 1.96 bits per heavy atom. The van der Waals surface area contributed by atoms with Crippen LogP contribution in [0.25, 0.3) is 0 Å². The molecule has 0 bridgehead atoms. The first-order valence-electron chi connectivity index (χ1n) is 9.04. The van der Waals surface area contributed by atoms with Crippen LogP contribution in [-0.4, -0.2) is 62.8 Å². The largest absolute Gasteiger partial charge is 0.378 e. The fraction of sp³-hybridized carbons (Fsp3) is 0.632. The second-order valence-electron chi connectivity index (χ2n) is 7.66. The maximum absolute atomic E-state index is 12.5. The average molecular weight is 329 g/mol. The first kappa shape index (κ1) is 15.9. The van der Waals surface area contributed by atoms with Gasteiger partial charge in [0.15, 0.2) is 0 Å². The van der Waals surface area contributed by atoms with Gasteiger partial charge in [-0.3, -0.25) is 9.69 Å². The molecule has 5 nitrogen and oxygen atoms in total. The zero-order valence-corrected chi connectivity index (χ0v) is 14.6. The molecule has 0 spiro atoms. The Balaban J connectivity index is 1.33. The van der Waals surface area contributed by atoms with E-state index in [1.807, 2.05) is 43.3 Å². The number of rotatable bonds is 4. The number of nitrogens with one attached hydrogen (secondary N) is 1. The lowest BCUT2D eigenvalue weighted by Gasteiger charge is -2.35. The zero-order chi connectivity index (χ0) is 16.7. The van der Waals surface area contributed by atoms with Crippen molar-refractivity contribution in [1.29, 1.82) is 0 Å². The molecule has 1 saturated carbocycles. The van der Waals surface area contributed by atoms with Crippen molar-refractivity contribution in [3.63, 3.8) is 0 Å². The summed E-state index contributed by atoms with van der Waals surface area (Å²) < 4.78 is 6.03. The van der Waals surface area contributed by atoms with Gasteiger partial charge >= 0.3 is 0 Å². The SMILES string of the molecule is CN(C)c1ccc(C(=O)N[C@H]2C[C@H]3CO[C@H](C4CC4)CN3C2)cc1. The van der Waals surface area contributed by atoms with Crippen molar-refractivity contribution in [2.45, 2.75) is 37.5 Å². The number of carbonyl (C=O) groups excluding carboxylic acids is 1. The van der Waals surface area contributed by atoms with Crippen LogP contribution in [0.4, 0.5) is 5.69 Å². The molecule has 2 saturated heterocycles. The van der Waals surface area contributed by atoms with E-state index >= 15 is 0 Å². The van der Waals surface area contributed by atoms with Crippen molar-refractivity contribution in [3.05, 3.63) is 29.8 Å². The lowest BCUT2D eigenvalue weighted by molar-refractivity contribution is -0.0581. The first-order chi connectivity index (χ1) is 11.6. The molecular weight excluding hydrogens is 302 g/mol. The van der Waals surface area contributed by atoms with Crippen LogP contribution < -0.4 is 10.2 Å². The van der Waals surface area contributed by atoms with Gasteiger partial charge in [0.2, 0.25) is 0 Å². The van der Waals surface area contributed by atoms with E-state index in [1.54, 1.807) is 0 Å². The molecule has 0 unspecified atom stereocenters. The number of hydrogen-bond acceptors (Lipinski definition) is 4. The summed E-state index contributed by atoms with van der Waals surface area (Å²) in [5.74, 6) is 0.819. The molecule has 24 heavy (non-hydrogen) atoms. The third kappa shape index (κ3) is 3.28. The van der Waals surface area contributed by atoms with Gasteiger partial charge in [-0.2, -0.15) is 0 Å².